The third-order valence-corrected chi connectivity index (χ3v) is 7.00. The van der Waals surface area contributed by atoms with Crippen molar-refractivity contribution in [3.8, 4) is 0 Å². The lowest BCUT2D eigenvalue weighted by Crippen LogP contribution is -2.64. The van der Waals surface area contributed by atoms with E-state index in [4.69, 9.17) is 14.6 Å². The van der Waals surface area contributed by atoms with Crippen molar-refractivity contribution in [2.24, 2.45) is 5.92 Å². The number of carbonyl (C=O) groups excluding carboxylic acids is 1. The number of thiophene rings is 1. The Morgan fingerprint density at radius 1 is 1.28 bits per heavy atom. The minimum absolute atomic E-state index is 0.0851. The third kappa shape index (κ3) is 6.82. The molecule has 1 atom stereocenters. The molecule has 4 heterocycles. The topological polar surface area (TPSA) is 82.1 Å². The molecule has 3 aliphatic rings. The van der Waals surface area contributed by atoms with Gasteiger partial charge in [0, 0.05) is 49.0 Å². The molecule has 0 aliphatic carbocycles. The van der Waals surface area contributed by atoms with Crippen molar-refractivity contribution in [1.82, 2.24) is 15.1 Å². The normalized spacial score (nSPS) is 22.8. The first-order valence-corrected chi connectivity index (χ1v) is 11.6. The number of ether oxygens (including phenoxy) is 1. The quantitative estimate of drug-likeness (QED) is 0.694. The average molecular weight is 478 g/mol. The lowest BCUT2D eigenvalue weighted by molar-refractivity contribution is -0.192. The number of nitrogens with one attached hydrogen (secondary N) is 1. The number of amides is 2. The summed E-state index contributed by atoms with van der Waals surface area (Å²) in [7, 11) is 0. The van der Waals surface area contributed by atoms with Crippen molar-refractivity contribution in [3.05, 3.63) is 21.9 Å². The van der Waals surface area contributed by atoms with Crippen LogP contribution in [-0.4, -0.2) is 78.0 Å². The molecule has 1 unspecified atom stereocenters. The average Bonchev–Trinajstić information content (AvgIpc) is 3.38. The summed E-state index contributed by atoms with van der Waals surface area (Å²) in [6, 6.07) is 4.55. The minimum atomic E-state index is -5.08. The second-order valence-electron chi connectivity index (χ2n) is 8.74. The van der Waals surface area contributed by atoms with Gasteiger partial charge in [-0.25, -0.2) is 9.59 Å². The first-order chi connectivity index (χ1) is 15.1. The molecule has 32 heavy (non-hydrogen) atoms. The number of carboxylic acids is 1. The highest BCUT2D eigenvalue weighted by molar-refractivity contribution is 7.11. The summed E-state index contributed by atoms with van der Waals surface area (Å²) in [5.41, 5.74) is 0.0851. The Kier molecular flexibility index (Phi) is 8.05. The number of carboxylic acid groups (broad SMARTS) is 1. The van der Waals surface area contributed by atoms with Crippen molar-refractivity contribution in [2.45, 2.75) is 50.9 Å². The zero-order valence-corrected chi connectivity index (χ0v) is 18.9. The maximum atomic E-state index is 12.1. The number of aliphatic carboxylic acids is 1. The second-order valence-corrected chi connectivity index (χ2v) is 10.1. The molecule has 0 radical (unpaired) electrons. The Labute approximate surface area is 189 Å². The Hall–Kier alpha value is -1.85. The van der Waals surface area contributed by atoms with E-state index in [2.05, 4.69) is 29.3 Å². The molecule has 2 amide bonds. The molecule has 0 saturated carbocycles. The molecule has 1 aromatic rings. The number of rotatable bonds is 4. The van der Waals surface area contributed by atoms with Crippen LogP contribution in [0.25, 0.3) is 0 Å². The lowest BCUT2D eigenvalue weighted by Gasteiger charge is -2.52. The van der Waals surface area contributed by atoms with Crippen LogP contribution < -0.4 is 5.32 Å². The number of nitrogens with zero attached hydrogens (tertiary/aromatic N) is 2. The third-order valence-electron chi connectivity index (χ3n) is 6.01. The van der Waals surface area contributed by atoms with Gasteiger partial charge in [0.1, 0.15) is 0 Å². The molecule has 7 nitrogen and oxygen atoms in total. The van der Waals surface area contributed by atoms with E-state index in [0.29, 0.717) is 5.92 Å². The summed E-state index contributed by atoms with van der Waals surface area (Å²) in [6.45, 7) is 8.69. The van der Waals surface area contributed by atoms with Crippen molar-refractivity contribution in [2.75, 3.05) is 39.3 Å². The number of aryl methyl sites for hydroxylation is 1. The molecule has 3 saturated heterocycles. The van der Waals surface area contributed by atoms with E-state index in [-0.39, 0.29) is 11.6 Å². The Morgan fingerprint density at radius 2 is 1.94 bits per heavy atom. The number of urea groups is 1. The van der Waals surface area contributed by atoms with Gasteiger partial charge in [0.2, 0.25) is 0 Å². The van der Waals surface area contributed by atoms with Gasteiger partial charge < -0.3 is 20.1 Å². The van der Waals surface area contributed by atoms with Gasteiger partial charge in [-0.1, -0.05) is 0 Å². The van der Waals surface area contributed by atoms with E-state index < -0.39 is 12.1 Å². The van der Waals surface area contributed by atoms with E-state index in [9.17, 15) is 18.0 Å². The van der Waals surface area contributed by atoms with E-state index in [1.165, 1.54) is 9.75 Å². The van der Waals surface area contributed by atoms with Crippen LogP contribution in [0.2, 0.25) is 0 Å². The summed E-state index contributed by atoms with van der Waals surface area (Å²) < 4.78 is 38.0. The van der Waals surface area contributed by atoms with Crippen LogP contribution in [0.15, 0.2) is 12.1 Å². The first-order valence-electron chi connectivity index (χ1n) is 10.8. The molecule has 0 aromatic carbocycles. The molecule has 4 rings (SSSR count). The minimum Gasteiger partial charge on any atom is -0.475 e. The van der Waals surface area contributed by atoms with Gasteiger partial charge in [-0.3, -0.25) is 4.90 Å². The fourth-order valence-corrected chi connectivity index (χ4v) is 5.20. The summed E-state index contributed by atoms with van der Waals surface area (Å²) in [6.07, 6.45) is -0.516. The molecular formula is C21H30F3N3O4S. The number of halogens is 3. The van der Waals surface area contributed by atoms with Crippen LogP contribution in [0.4, 0.5) is 18.0 Å². The molecule has 0 bridgehead atoms. The lowest BCUT2D eigenvalue weighted by atomic mass is 9.83. The zero-order valence-electron chi connectivity index (χ0n) is 18.1. The van der Waals surface area contributed by atoms with E-state index in [1.54, 1.807) is 0 Å². The summed E-state index contributed by atoms with van der Waals surface area (Å²) in [5, 5.41) is 10.2. The second kappa shape index (κ2) is 10.4. The largest absolute Gasteiger partial charge is 0.490 e. The van der Waals surface area contributed by atoms with E-state index >= 15 is 0 Å². The number of likely N-dealkylation sites (tertiary alicyclic amines) is 2. The highest BCUT2D eigenvalue weighted by Gasteiger charge is 2.46. The van der Waals surface area contributed by atoms with E-state index in [0.717, 1.165) is 71.6 Å². The van der Waals surface area contributed by atoms with Crippen LogP contribution in [0, 0.1) is 12.8 Å². The monoisotopic (exact) mass is 477 g/mol. The molecule has 2 N–H and O–H groups in total. The van der Waals surface area contributed by atoms with Gasteiger partial charge in [-0.2, -0.15) is 13.2 Å². The van der Waals surface area contributed by atoms with Crippen molar-refractivity contribution in [3.63, 3.8) is 0 Å². The molecule has 3 fully saturated rings. The first kappa shape index (κ1) is 24.8. The van der Waals surface area contributed by atoms with Crippen LogP contribution >= 0.6 is 11.3 Å². The molecule has 180 valence electrons. The standard InChI is InChI=1S/C19H29N3O2S.C2HF3O2/c1-15-4-5-17(25-15)11-21-13-19(14-21)7-6-16(12-24-19)10-20-18(23)22-8-2-3-9-22;3-2(4,5)1(6)7/h4-5,16H,2-3,6-14H2,1H3,(H,20,23);(H,6,7). The smallest absolute Gasteiger partial charge is 0.475 e. The fraction of sp³-hybridized carbons (Fsp3) is 0.714. The van der Waals surface area contributed by atoms with Gasteiger partial charge in [0.25, 0.3) is 0 Å². The summed E-state index contributed by atoms with van der Waals surface area (Å²) >= 11 is 1.89. The maximum absolute atomic E-state index is 12.1. The van der Waals surface area contributed by atoms with Crippen molar-refractivity contribution >= 4 is 23.3 Å². The molecule has 11 heteroatoms. The van der Waals surface area contributed by atoms with Crippen molar-refractivity contribution in [1.29, 1.82) is 0 Å². The molecule has 1 aromatic heterocycles. The van der Waals surface area contributed by atoms with Crippen LogP contribution in [0.3, 0.4) is 0 Å². The Morgan fingerprint density at radius 3 is 2.44 bits per heavy atom. The molecule has 1 spiro atoms. The zero-order chi connectivity index (χ0) is 23.4. The summed E-state index contributed by atoms with van der Waals surface area (Å²) in [4.78, 5) is 28.2. The van der Waals surface area contributed by atoms with Gasteiger partial charge in [-0.05, 0) is 50.7 Å². The maximum Gasteiger partial charge on any atom is 0.490 e. The molecule has 3 aliphatic heterocycles. The molecular weight excluding hydrogens is 447 g/mol. The van der Waals surface area contributed by atoms with Crippen LogP contribution in [0.5, 0.6) is 0 Å². The van der Waals surface area contributed by atoms with Gasteiger partial charge in [-0.15, -0.1) is 11.3 Å². The van der Waals surface area contributed by atoms with Crippen LogP contribution in [-0.2, 0) is 16.1 Å². The van der Waals surface area contributed by atoms with Gasteiger partial charge in [0.15, 0.2) is 0 Å². The van der Waals surface area contributed by atoms with Crippen LogP contribution in [0.1, 0.15) is 35.4 Å². The Balaban J connectivity index is 0.000000360. The highest BCUT2D eigenvalue weighted by Crippen LogP contribution is 2.37. The Bertz CT molecular complexity index is 779. The van der Waals surface area contributed by atoms with Gasteiger partial charge in [0.05, 0.1) is 12.2 Å². The predicted octanol–water partition coefficient (Wildman–Crippen LogP) is 3.48. The number of carbonyl (C=O) groups is 2. The number of alkyl halides is 3. The van der Waals surface area contributed by atoms with Gasteiger partial charge >= 0.3 is 18.2 Å². The highest BCUT2D eigenvalue weighted by atomic mass is 32.1. The predicted molar refractivity (Wildman–Crippen MR) is 114 cm³/mol. The SMILES string of the molecule is Cc1ccc(CN2CC3(CCC(CNC(=O)N4CCCC4)CO3)C2)s1.O=C(O)C(F)(F)F. The van der Waals surface area contributed by atoms with E-state index in [1.807, 2.05) is 16.2 Å². The summed E-state index contributed by atoms with van der Waals surface area (Å²) in [5.74, 6) is -2.29. The number of hydrogen-bond acceptors (Lipinski definition) is 5. The van der Waals surface area contributed by atoms with Crippen molar-refractivity contribution < 1.29 is 32.6 Å². The fourth-order valence-electron chi connectivity index (χ4n) is 4.26. The number of hydrogen-bond donors (Lipinski definition) is 2.